The van der Waals surface area contributed by atoms with Crippen LogP contribution in [0.15, 0.2) is 43.0 Å². The topological polar surface area (TPSA) is 81.5 Å². The van der Waals surface area contributed by atoms with Gasteiger partial charge in [-0.1, -0.05) is 11.6 Å². The molecule has 160 valence electrons. The van der Waals surface area contributed by atoms with Gasteiger partial charge >= 0.3 is 0 Å². The number of rotatable bonds is 4. The molecular weight excluding hydrogens is 418 g/mol. The Morgan fingerprint density at radius 3 is 2.71 bits per heavy atom. The molecule has 8 nitrogen and oxygen atoms in total. The summed E-state index contributed by atoms with van der Waals surface area (Å²) in [6.45, 7) is 3.09. The number of benzene rings is 2. The molecule has 5 rings (SSSR count). The third-order valence-electron chi connectivity index (χ3n) is 5.43. The Labute approximate surface area is 184 Å². The first-order valence-electron chi connectivity index (χ1n) is 10.2. The number of carbonyl (C=O) groups excluding carboxylic acids is 1. The van der Waals surface area contributed by atoms with E-state index in [9.17, 15) is 4.79 Å². The van der Waals surface area contributed by atoms with Crippen LogP contribution < -0.4 is 14.8 Å². The van der Waals surface area contributed by atoms with Crippen LogP contribution >= 0.6 is 11.6 Å². The number of ether oxygens (including phenoxy) is 2. The predicted octanol–water partition coefficient (Wildman–Crippen LogP) is 3.08. The molecule has 3 aromatic rings. The number of carbonyl (C=O) groups is 1. The highest BCUT2D eigenvalue weighted by Gasteiger charge is 2.22. The van der Waals surface area contributed by atoms with Crippen molar-refractivity contribution in [1.82, 2.24) is 19.7 Å². The van der Waals surface area contributed by atoms with Crippen LogP contribution in [0.2, 0.25) is 5.02 Å². The number of aromatic nitrogens is 3. The van der Waals surface area contributed by atoms with Gasteiger partial charge in [0.2, 0.25) is 5.91 Å². The molecule has 0 unspecified atom stereocenters. The molecule has 2 aliphatic rings. The zero-order valence-electron chi connectivity index (χ0n) is 16.9. The number of nitrogens with one attached hydrogen (secondary N) is 1. The van der Waals surface area contributed by atoms with E-state index in [1.54, 1.807) is 29.2 Å². The van der Waals surface area contributed by atoms with Gasteiger partial charge in [-0.15, -0.1) is 0 Å². The van der Waals surface area contributed by atoms with E-state index in [1.165, 1.54) is 17.5 Å². The van der Waals surface area contributed by atoms with Crippen molar-refractivity contribution in [2.24, 2.45) is 0 Å². The van der Waals surface area contributed by atoms with E-state index in [4.69, 9.17) is 21.1 Å². The van der Waals surface area contributed by atoms with Crippen LogP contribution in [0.3, 0.4) is 0 Å². The van der Waals surface area contributed by atoms with Gasteiger partial charge in [-0.25, -0.2) is 9.67 Å². The van der Waals surface area contributed by atoms with E-state index >= 15 is 0 Å². The first kappa shape index (κ1) is 19.8. The molecule has 0 saturated carbocycles. The van der Waals surface area contributed by atoms with Gasteiger partial charge in [0.1, 0.15) is 12.7 Å². The van der Waals surface area contributed by atoms with Gasteiger partial charge in [-0.2, -0.15) is 5.10 Å². The summed E-state index contributed by atoms with van der Waals surface area (Å²) >= 11 is 6.15. The van der Waals surface area contributed by atoms with E-state index in [0.29, 0.717) is 36.2 Å². The number of amides is 1. The zero-order valence-corrected chi connectivity index (χ0v) is 17.6. The molecule has 1 aromatic heterocycles. The molecule has 1 N–H and O–H groups in total. The molecule has 31 heavy (non-hydrogen) atoms. The highest BCUT2D eigenvalue weighted by atomic mass is 35.5. The van der Waals surface area contributed by atoms with Gasteiger partial charge in [0.15, 0.2) is 11.5 Å². The number of hydrogen-bond donors (Lipinski definition) is 1. The van der Waals surface area contributed by atoms with Crippen LogP contribution in [0.25, 0.3) is 5.69 Å². The van der Waals surface area contributed by atoms with Crippen molar-refractivity contribution in [1.29, 1.82) is 0 Å². The Bertz CT molecular complexity index is 1100. The first-order chi connectivity index (χ1) is 15.2. The summed E-state index contributed by atoms with van der Waals surface area (Å²) in [4.78, 5) is 18.9. The average molecular weight is 440 g/mol. The third-order valence-corrected chi connectivity index (χ3v) is 5.66. The Balaban J connectivity index is 1.28. The maximum Gasteiger partial charge on any atom is 0.238 e. The molecule has 0 bridgehead atoms. The quantitative estimate of drug-likeness (QED) is 0.672. The summed E-state index contributed by atoms with van der Waals surface area (Å²) in [7, 11) is 0. The maximum atomic E-state index is 12.8. The van der Waals surface area contributed by atoms with Gasteiger partial charge in [0, 0.05) is 24.5 Å². The Morgan fingerprint density at radius 2 is 1.94 bits per heavy atom. The molecule has 9 heteroatoms. The predicted molar refractivity (Wildman–Crippen MR) is 116 cm³/mol. The molecule has 2 aliphatic heterocycles. The van der Waals surface area contributed by atoms with Crippen LogP contribution in [-0.2, 0) is 17.8 Å². The summed E-state index contributed by atoms with van der Waals surface area (Å²) in [5.41, 5.74) is 3.73. The molecule has 0 saturated heterocycles. The smallest absolute Gasteiger partial charge is 0.238 e. The monoisotopic (exact) mass is 439 g/mol. The molecule has 2 aromatic carbocycles. The van der Waals surface area contributed by atoms with Crippen molar-refractivity contribution >= 4 is 23.2 Å². The Morgan fingerprint density at radius 1 is 1.13 bits per heavy atom. The summed E-state index contributed by atoms with van der Waals surface area (Å²) in [5, 5.41) is 7.65. The van der Waals surface area contributed by atoms with Crippen molar-refractivity contribution in [2.45, 2.75) is 19.4 Å². The number of fused-ring (bicyclic) bond motifs is 2. The van der Waals surface area contributed by atoms with Crippen LogP contribution in [0.1, 0.15) is 17.5 Å². The van der Waals surface area contributed by atoms with E-state index in [1.807, 2.05) is 0 Å². The lowest BCUT2D eigenvalue weighted by Crippen LogP contribution is -2.37. The number of hydrogen-bond acceptors (Lipinski definition) is 6. The second-order valence-electron chi connectivity index (χ2n) is 7.63. The fraction of sp³-hybridized carbons (Fsp3) is 0.318. The van der Waals surface area contributed by atoms with Gasteiger partial charge in [0.05, 0.1) is 31.1 Å². The van der Waals surface area contributed by atoms with E-state index in [-0.39, 0.29) is 12.5 Å². The summed E-state index contributed by atoms with van der Waals surface area (Å²) in [6, 6.07) is 9.42. The fourth-order valence-corrected chi connectivity index (χ4v) is 4.11. The van der Waals surface area contributed by atoms with Gasteiger partial charge in [0.25, 0.3) is 0 Å². The molecule has 0 spiro atoms. The molecule has 0 fully saturated rings. The standard InChI is InChI=1S/C22H22ClN5O3/c23-17-2-3-19(28-14-24-13-25-28)18(10-17)26-22(29)12-27-5-4-15-8-20-21(9-16(15)11-27)31-7-1-6-30-20/h2-3,8-10,13-14H,1,4-7,11-12H2,(H,26,29). The third kappa shape index (κ3) is 4.35. The first-order valence-corrected chi connectivity index (χ1v) is 10.6. The Kier molecular flexibility index (Phi) is 5.48. The van der Waals surface area contributed by atoms with Crippen LogP contribution in [0.4, 0.5) is 5.69 Å². The van der Waals surface area contributed by atoms with Crippen LogP contribution in [-0.4, -0.2) is 51.9 Å². The lowest BCUT2D eigenvalue weighted by atomic mass is 9.99. The average Bonchev–Trinajstić information content (AvgIpc) is 3.18. The molecule has 0 radical (unpaired) electrons. The second kappa shape index (κ2) is 8.56. The van der Waals surface area contributed by atoms with E-state index < -0.39 is 0 Å². The molecule has 3 heterocycles. The molecule has 1 amide bonds. The van der Waals surface area contributed by atoms with E-state index in [2.05, 4.69) is 32.4 Å². The fourth-order valence-electron chi connectivity index (χ4n) is 3.94. The number of halogens is 1. The highest BCUT2D eigenvalue weighted by Crippen LogP contribution is 2.35. The van der Waals surface area contributed by atoms with Crippen molar-refractivity contribution in [2.75, 3.05) is 31.6 Å². The van der Waals surface area contributed by atoms with Crippen molar-refractivity contribution in [3.8, 4) is 17.2 Å². The summed E-state index contributed by atoms with van der Waals surface area (Å²) < 4.78 is 13.2. The van der Waals surface area contributed by atoms with Crippen molar-refractivity contribution < 1.29 is 14.3 Å². The van der Waals surface area contributed by atoms with Crippen molar-refractivity contribution in [3.63, 3.8) is 0 Å². The molecule has 0 atom stereocenters. The van der Waals surface area contributed by atoms with Crippen molar-refractivity contribution in [3.05, 3.63) is 59.1 Å². The number of nitrogens with zero attached hydrogens (tertiary/aromatic N) is 4. The van der Waals surface area contributed by atoms with E-state index in [0.717, 1.165) is 30.9 Å². The lowest BCUT2D eigenvalue weighted by Gasteiger charge is -2.29. The SMILES string of the molecule is O=C(CN1CCc2cc3c(cc2C1)OCCCO3)Nc1cc(Cl)ccc1-n1cncn1. The molecular formula is C22H22ClN5O3. The summed E-state index contributed by atoms with van der Waals surface area (Å²) in [6.07, 6.45) is 4.77. The minimum atomic E-state index is -0.110. The second-order valence-corrected chi connectivity index (χ2v) is 8.06. The zero-order chi connectivity index (χ0) is 21.2. The minimum absolute atomic E-state index is 0.110. The largest absolute Gasteiger partial charge is 0.490 e. The highest BCUT2D eigenvalue weighted by molar-refractivity contribution is 6.31. The Hall–Kier alpha value is -3.10. The summed E-state index contributed by atoms with van der Waals surface area (Å²) in [5.74, 6) is 1.50. The lowest BCUT2D eigenvalue weighted by molar-refractivity contribution is -0.117. The maximum absolute atomic E-state index is 12.8. The van der Waals surface area contributed by atoms with Gasteiger partial charge < -0.3 is 14.8 Å². The number of anilines is 1. The normalized spacial score (nSPS) is 15.8. The molecule has 0 aliphatic carbocycles. The van der Waals surface area contributed by atoms with Crippen LogP contribution in [0, 0.1) is 0 Å². The van der Waals surface area contributed by atoms with Gasteiger partial charge in [-0.05, 0) is 47.9 Å². The van der Waals surface area contributed by atoms with Gasteiger partial charge in [-0.3, -0.25) is 9.69 Å². The minimum Gasteiger partial charge on any atom is -0.490 e. The van der Waals surface area contributed by atoms with Crippen LogP contribution in [0.5, 0.6) is 11.5 Å².